The Labute approximate surface area is 95.6 Å². The second-order valence-corrected chi connectivity index (χ2v) is 4.08. The highest BCUT2D eigenvalue weighted by Crippen LogP contribution is 2.25. The second-order valence-electron chi connectivity index (χ2n) is 3.22. The lowest BCUT2D eigenvalue weighted by molar-refractivity contribution is 0.362. The summed E-state index contributed by atoms with van der Waals surface area (Å²) in [6, 6.07) is 7.45. The Bertz CT molecular complexity index is 467. The fraction of sp³-hybridized carbons (Fsp3) is 0.200. The molecule has 0 aliphatic rings. The predicted octanol–water partition coefficient (Wildman–Crippen LogP) is 2.52. The number of nitrogens with two attached hydrogens (primary N) is 1. The molecular weight excluding hydrogens is 258 g/mol. The monoisotopic (exact) mass is 267 g/mol. The number of nitrogens with zero attached hydrogens (tertiary/aromatic N) is 2. The van der Waals surface area contributed by atoms with Crippen molar-refractivity contribution in [1.29, 1.82) is 0 Å². The van der Waals surface area contributed by atoms with Gasteiger partial charge in [-0.1, -0.05) is 33.2 Å². The van der Waals surface area contributed by atoms with Crippen LogP contribution in [0.1, 0.15) is 18.9 Å². The molecule has 1 aromatic heterocycles. The maximum Gasteiger partial charge on any atom is 0.243 e. The molecule has 1 aromatic carbocycles. The van der Waals surface area contributed by atoms with Crippen molar-refractivity contribution in [3.8, 4) is 11.4 Å². The molecule has 0 fully saturated rings. The summed E-state index contributed by atoms with van der Waals surface area (Å²) in [5.74, 6) is 0.996. The highest BCUT2D eigenvalue weighted by molar-refractivity contribution is 9.10. The molecule has 2 N–H and O–H groups in total. The summed E-state index contributed by atoms with van der Waals surface area (Å²) in [6.07, 6.45) is 0. The summed E-state index contributed by atoms with van der Waals surface area (Å²) in [6.45, 7) is 1.80. The zero-order valence-electron chi connectivity index (χ0n) is 8.14. The predicted molar refractivity (Wildman–Crippen MR) is 60.0 cm³/mol. The molecule has 2 aromatic rings. The summed E-state index contributed by atoms with van der Waals surface area (Å²) in [4.78, 5) is 4.21. The number of benzene rings is 1. The van der Waals surface area contributed by atoms with Crippen molar-refractivity contribution in [2.45, 2.75) is 13.0 Å². The lowest BCUT2D eigenvalue weighted by Crippen LogP contribution is -2.04. The highest BCUT2D eigenvalue weighted by atomic mass is 79.9. The van der Waals surface area contributed by atoms with Gasteiger partial charge in [-0.25, -0.2) is 0 Å². The number of rotatable bonds is 2. The lowest BCUT2D eigenvalue weighted by Gasteiger charge is -1.97. The van der Waals surface area contributed by atoms with Gasteiger partial charge in [0.1, 0.15) is 0 Å². The summed E-state index contributed by atoms with van der Waals surface area (Å²) < 4.78 is 5.96. The van der Waals surface area contributed by atoms with E-state index in [1.807, 2.05) is 24.3 Å². The highest BCUT2D eigenvalue weighted by Gasteiger charge is 2.13. The number of halogens is 1. The van der Waals surface area contributed by atoms with Crippen LogP contribution in [0.4, 0.5) is 0 Å². The third-order valence-corrected chi connectivity index (χ3v) is 2.64. The topological polar surface area (TPSA) is 64.9 Å². The SMILES string of the molecule is C[C@@H](N)c1nc(-c2ccccc2Br)no1. The van der Waals surface area contributed by atoms with E-state index < -0.39 is 0 Å². The van der Waals surface area contributed by atoms with Gasteiger partial charge in [-0.05, 0) is 19.1 Å². The van der Waals surface area contributed by atoms with E-state index in [1.54, 1.807) is 6.92 Å². The molecule has 0 saturated carbocycles. The van der Waals surface area contributed by atoms with Crippen LogP contribution in [-0.4, -0.2) is 10.1 Å². The minimum atomic E-state index is -0.242. The van der Waals surface area contributed by atoms with Crippen LogP contribution < -0.4 is 5.73 Å². The zero-order valence-corrected chi connectivity index (χ0v) is 9.73. The first-order valence-corrected chi connectivity index (χ1v) is 5.32. The fourth-order valence-electron chi connectivity index (χ4n) is 1.17. The van der Waals surface area contributed by atoms with Gasteiger partial charge >= 0.3 is 0 Å². The molecule has 5 heteroatoms. The van der Waals surface area contributed by atoms with E-state index in [4.69, 9.17) is 10.3 Å². The number of hydrogen-bond acceptors (Lipinski definition) is 4. The van der Waals surface area contributed by atoms with Gasteiger partial charge in [0.05, 0.1) is 6.04 Å². The summed E-state index contributed by atoms with van der Waals surface area (Å²) in [5.41, 5.74) is 6.53. The Kier molecular flexibility index (Phi) is 2.83. The molecule has 0 spiro atoms. The van der Waals surface area contributed by atoms with Gasteiger partial charge in [-0.3, -0.25) is 0 Å². The minimum absolute atomic E-state index is 0.242. The summed E-state index contributed by atoms with van der Waals surface area (Å²) in [5, 5.41) is 3.87. The average molecular weight is 268 g/mol. The van der Waals surface area contributed by atoms with Gasteiger partial charge in [0.15, 0.2) is 0 Å². The number of hydrogen-bond donors (Lipinski definition) is 1. The smallest absolute Gasteiger partial charge is 0.243 e. The third kappa shape index (κ3) is 2.08. The maximum absolute atomic E-state index is 5.64. The Balaban J connectivity index is 2.42. The Morgan fingerprint density at radius 2 is 2.13 bits per heavy atom. The molecule has 0 aliphatic carbocycles. The fourth-order valence-corrected chi connectivity index (χ4v) is 1.63. The quantitative estimate of drug-likeness (QED) is 0.908. The van der Waals surface area contributed by atoms with E-state index in [0.29, 0.717) is 11.7 Å². The molecular formula is C10H10BrN3O. The Morgan fingerprint density at radius 1 is 1.40 bits per heavy atom. The minimum Gasteiger partial charge on any atom is -0.337 e. The second kappa shape index (κ2) is 4.12. The van der Waals surface area contributed by atoms with Crippen LogP contribution in [0.5, 0.6) is 0 Å². The van der Waals surface area contributed by atoms with Gasteiger partial charge in [-0.2, -0.15) is 4.98 Å². The van der Waals surface area contributed by atoms with Crippen molar-refractivity contribution >= 4 is 15.9 Å². The van der Waals surface area contributed by atoms with Crippen LogP contribution in [-0.2, 0) is 0 Å². The molecule has 0 radical (unpaired) electrons. The van der Waals surface area contributed by atoms with Crippen LogP contribution in [0.2, 0.25) is 0 Å². The third-order valence-electron chi connectivity index (χ3n) is 1.95. The Morgan fingerprint density at radius 3 is 2.73 bits per heavy atom. The van der Waals surface area contributed by atoms with E-state index in [1.165, 1.54) is 0 Å². The van der Waals surface area contributed by atoms with Crippen LogP contribution >= 0.6 is 15.9 Å². The van der Waals surface area contributed by atoms with Gasteiger partial charge in [-0.15, -0.1) is 0 Å². The molecule has 0 unspecified atom stereocenters. The van der Waals surface area contributed by atoms with Gasteiger partial charge in [0.25, 0.3) is 0 Å². The molecule has 1 atom stereocenters. The van der Waals surface area contributed by atoms with Crippen LogP contribution in [0.15, 0.2) is 33.3 Å². The molecule has 0 aliphatic heterocycles. The van der Waals surface area contributed by atoms with Crippen molar-refractivity contribution < 1.29 is 4.52 Å². The number of aromatic nitrogens is 2. The molecule has 15 heavy (non-hydrogen) atoms. The first-order valence-electron chi connectivity index (χ1n) is 4.52. The van der Waals surface area contributed by atoms with Crippen molar-refractivity contribution in [2.75, 3.05) is 0 Å². The van der Waals surface area contributed by atoms with Crippen LogP contribution in [0.25, 0.3) is 11.4 Å². The van der Waals surface area contributed by atoms with E-state index in [9.17, 15) is 0 Å². The summed E-state index contributed by atoms with van der Waals surface area (Å²) in [7, 11) is 0. The van der Waals surface area contributed by atoms with Gasteiger partial charge in [0, 0.05) is 10.0 Å². The standard InChI is InChI=1S/C10H10BrN3O/c1-6(12)10-13-9(14-15-10)7-4-2-3-5-8(7)11/h2-6H,12H2,1H3/t6-/m1/s1. The average Bonchev–Trinajstić information content (AvgIpc) is 2.67. The first-order chi connectivity index (χ1) is 7.18. The van der Waals surface area contributed by atoms with E-state index in [2.05, 4.69) is 26.1 Å². The van der Waals surface area contributed by atoms with Crippen molar-refractivity contribution in [3.05, 3.63) is 34.6 Å². The molecule has 2 rings (SSSR count). The van der Waals surface area contributed by atoms with Crippen molar-refractivity contribution in [3.63, 3.8) is 0 Å². The van der Waals surface area contributed by atoms with Gasteiger partial charge in [0.2, 0.25) is 11.7 Å². The first kappa shape index (κ1) is 10.3. The lowest BCUT2D eigenvalue weighted by atomic mass is 10.2. The largest absolute Gasteiger partial charge is 0.337 e. The maximum atomic E-state index is 5.64. The van der Waals surface area contributed by atoms with E-state index in [0.717, 1.165) is 10.0 Å². The van der Waals surface area contributed by atoms with E-state index in [-0.39, 0.29) is 6.04 Å². The molecule has 0 saturated heterocycles. The molecule has 1 heterocycles. The molecule has 0 bridgehead atoms. The zero-order chi connectivity index (χ0) is 10.8. The molecule has 0 amide bonds. The van der Waals surface area contributed by atoms with Crippen molar-refractivity contribution in [2.24, 2.45) is 5.73 Å². The normalized spacial score (nSPS) is 12.7. The van der Waals surface area contributed by atoms with Crippen molar-refractivity contribution in [1.82, 2.24) is 10.1 Å². The van der Waals surface area contributed by atoms with Crippen LogP contribution in [0.3, 0.4) is 0 Å². The molecule has 78 valence electrons. The summed E-state index contributed by atoms with van der Waals surface area (Å²) >= 11 is 3.43. The molecule has 4 nitrogen and oxygen atoms in total. The van der Waals surface area contributed by atoms with Gasteiger partial charge < -0.3 is 10.3 Å². The Hall–Kier alpha value is -1.20. The van der Waals surface area contributed by atoms with E-state index >= 15 is 0 Å². The van der Waals surface area contributed by atoms with Crippen LogP contribution in [0, 0.1) is 0 Å².